The quantitative estimate of drug-likeness (QED) is 0.577. The van der Waals surface area contributed by atoms with Crippen LogP contribution in [0.2, 0.25) is 0 Å². The summed E-state index contributed by atoms with van der Waals surface area (Å²) in [5.41, 5.74) is 10.1. The first-order valence-electron chi connectivity index (χ1n) is 6.94. The van der Waals surface area contributed by atoms with Crippen molar-refractivity contribution in [3.8, 4) is 5.69 Å². The van der Waals surface area contributed by atoms with Gasteiger partial charge in [-0.1, -0.05) is 15.9 Å². The number of fused-ring (bicyclic) bond motifs is 1. The number of benzene rings is 1. The number of aromatic amines is 1. The second kappa shape index (κ2) is 5.47. The lowest BCUT2D eigenvalue weighted by Gasteiger charge is -2.02. The fraction of sp³-hybridized carbons (Fsp3) is 0.0667. The van der Waals surface area contributed by atoms with Crippen LogP contribution in [0.3, 0.4) is 0 Å². The van der Waals surface area contributed by atoms with E-state index in [0.717, 1.165) is 26.8 Å². The monoisotopic (exact) mass is 369 g/mol. The smallest absolute Gasteiger partial charge is 0.203 e. The number of hydrogen-bond acceptors (Lipinski definition) is 5. The topological polar surface area (TPSA) is 98.3 Å². The minimum atomic E-state index is 0.432. The second-order valence-corrected chi connectivity index (χ2v) is 6.06. The highest BCUT2D eigenvalue weighted by atomic mass is 79.9. The van der Waals surface area contributed by atoms with Gasteiger partial charge in [-0.3, -0.25) is 0 Å². The van der Waals surface area contributed by atoms with E-state index in [4.69, 9.17) is 5.73 Å². The van der Waals surface area contributed by atoms with Gasteiger partial charge in [0.2, 0.25) is 5.65 Å². The zero-order chi connectivity index (χ0) is 15.8. The van der Waals surface area contributed by atoms with E-state index in [-0.39, 0.29) is 0 Å². The van der Waals surface area contributed by atoms with Crippen molar-refractivity contribution in [2.45, 2.75) is 6.42 Å². The number of aromatic nitrogens is 6. The van der Waals surface area contributed by atoms with Gasteiger partial charge in [0.1, 0.15) is 11.3 Å². The molecule has 4 aromatic rings. The molecule has 3 heterocycles. The minimum absolute atomic E-state index is 0.432. The Morgan fingerprint density at radius 2 is 2.00 bits per heavy atom. The molecule has 0 bridgehead atoms. The first kappa shape index (κ1) is 13.9. The summed E-state index contributed by atoms with van der Waals surface area (Å²) >= 11 is 3.43. The Hall–Kier alpha value is -2.74. The van der Waals surface area contributed by atoms with Crippen LogP contribution in [0.4, 0.5) is 5.82 Å². The molecule has 0 aliphatic rings. The molecule has 0 fully saturated rings. The van der Waals surface area contributed by atoms with Crippen LogP contribution in [-0.2, 0) is 6.42 Å². The number of nitrogen functional groups attached to an aromatic ring is 1. The van der Waals surface area contributed by atoms with Crippen LogP contribution in [0.15, 0.2) is 47.2 Å². The molecule has 0 aliphatic carbocycles. The van der Waals surface area contributed by atoms with Crippen LogP contribution < -0.4 is 5.73 Å². The van der Waals surface area contributed by atoms with Gasteiger partial charge < -0.3 is 5.73 Å². The second-order valence-electron chi connectivity index (χ2n) is 5.15. The number of hydrogen-bond donors (Lipinski definition) is 2. The molecule has 3 N–H and O–H groups in total. The first-order valence-corrected chi connectivity index (χ1v) is 7.74. The van der Waals surface area contributed by atoms with E-state index < -0.39 is 0 Å². The van der Waals surface area contributed by atoms with E-state index in [2.05, 4.69) is 41.4 Å². The van der Waals surface area contributed by atoms with Crippen molar-refractivity contribution in [2.24, 2.45) is 0 Å². The maximum absolute atomic E-state index is 5.83. The number of nitrogens with zero attached hydrogens (tertiary/aromatic N) is 5. The summed E-state index contributed by atoms with van der Waals surface area (Å²) in [6.07, 6.45) is 4.49. The molecule has 0 aliphatic heterocycles. The zero-order valence-electron chi connectivity index (χ0n) is 11.9. The summed E-state index contributed by atoms with van der Waals surface area (Å²) in [5.74, 6) is 0.432. The van der Waals surface area contributed by atoms with Crippen molar-refractivity contribution in [2.75, 3.05) is 5.73 Å². The van der Waals surface area contributed by atoms with Gasteiger partial charge in [0, 0.05) is 17.1 Å². The average Bonchev–Trinajstić information content (AvgIpc) is 3.17. The molecular formula is C15H12BrN7. The molecule has 7 nitrogen and oxygen atoms in total. The van der Waals surface area contributed by atoms with Crippen molar-refractivity contribution in [1.29, 1.82) is 0 Å². The summed E-state index contributed by atoms with van der Waals surface area (Å²) < 4.78 is 2.88. The van der Waals surface area contributed by atoms with Gasteiger partial charge in [0.25, 0.3) is 0 Å². The van der Waals surface area contributed by atoms with Crippen molar-refractivity contribution >= 4 is 32.9 Å². The van der Waals surface area contributed by atoms with E-state index in [1.807, 2.05) is 47.4 Å². The molecule has 0 saturated carbocycles. The third-order valence-electron chi connectivity index (χ3n) is 3.51. The van der Waals surface area contributed by atoms with Gasteiger partial charge >= 0.3 is 0 Å². The molecule has 1 aromatic carbocycles. The van der Waals surface area contributed by atoms with Crippen LogP contribution in [-0.4, -0.2) is 30.2 Å². The van der Waals surface area contributed by atoms with E-state index >= 15 is 0 Å². The first-order chi connectivity index (χ1) is 11.2. The molecule has 0 radical (unpaired) electrons. The Labute approximate surface area is 139 Å². The van der Waals surface area contributed by atoms with E-state index in [1.165, 1.54) is 0 Å². The molecule has 0 saturated heterocycles. The molecule has 8 heteroatoms. The van der Waals surface area contributed by atoms with E-state index in [9.17, 15) is 0 Å². The largest absolute Gasteiger partial charge is 0.384 e. The van der Waals surface area contributed by atoms with Crippen LogP contribution in [0.5, 0.6) is 0 Å². The van der Waals surface area contributed by atoms with E-state index in [1.54, 1.807) is 0 Å². The molecule has 0 amide bonds. The predicted molar refractivity (Wildman–Crippen MR) is 90.2 cm³/mol. The minimum Gasteiger partial charge on any atom is -0.384 e. The molecule has 3 aromatic heterocycles. The maximum Gasteiger partial charge on any atom is 0.203 e. The zero-order valence-corrected chi connectivity index (χ0v) is 13.5. The van der Waals surface area contributed by atoms with Gasteiger partial charge in [0.15, 0.2) is 0 Å². The third kappa shape index (κ3) is 2.68. The van der Waals surface area contributed by atoms with Gasteiger partial charge in [-0.2, -0.15) is 15.4 Å². The maximum atomic E-state index is 5.83. The summed E-state index contributed by atoms with van der Waals surface area (Å²) in [5, 5.41) is 15.1. The molecule has 0 unspecified atom stereocenters. The summed E-state index contributed by atoms with van der Waals surface area (Å²) in [4.78, 5) is 4.15. The van der Waals surface area contributed by atoms with E-state index in [0.29, 0.717) is 17.9 Å². The lowest BCUT2D eigenvalue weighted by Crippen LogP contribution is -1.96. The number of anilines is 1. The summed E-state index contributed by atoms with van der Waals surface area (Å²) in [6.45, 7) is 0. The Balaban J connectivity index is 1.67. The summed E-state index contributed by atoms with van der Waals surface area (Å²) in [7, 11) is 0. The highest BCUT2D eigenvalue weighted by Gasteiger charge is 2.10. The third-order valence-corrected chi connectivity index (χ3v) is 4.04. The van der Waals surface area contributed by atoms with Crippen molar-refractivity contribution in [3.63, 3.8) is 0 Å². The van der Waals surface area contributed by atoms with Crippen LogP contribution in [0, 0.1) is 0 Å². The number of halogens is 1. The molecule has 114 valence electrons. The fourth-order valence-corrected chi connectivity index (χ4v) is 2.73. The number of H-pyrrole nitrogens is 1. The molecule has 4 rings (SSSR count). The number of nitrogens with one attached hydrogen (secondary N) is 1. The molecule has 23 heavy (non-hydrogen) atoms. The lowest BCUT2D eigenvalue weighted by molar-refractivity contribution is 0.879. The Bertz CT molecular complexity index is 971. The Morgan fingerprint density at radius 3 is 2.83 bits per heavy atom. The van der Waals surface area contributed by atoms with Crippen LogP contribution in [0.25, 0.3) is 16.9 Å². The van der Waals surface area contributed by atoms with Gasteiger partial charge in [-0.15, -0.1) is 5.10 Å². The fourth-order valence-electron chi connectivity index (χ4n) is 2.46. The predicted octanol–water partition coefficient (Wildman–Crippen LogP) is 2.47. The lowest BCUT2D eigenvalue weighted by atomic mass is 10.1. The van der Waals surface area contributed by atoms with Gasteiger partial charge in [-0.25, -0.2) is 9.67 Å². The van der Waals surface area contributed by atoms with Crippen LogP contribution >= 0.6 is 15.9 Å². The van der Waals surface area contributed by atoms with Crippen molar-refractivity contribution in [1.82, 2.24) is 30.2 Å². The number of rotatable bonds is 3. The molecular weight excluding hydrogens is 358 g/mol. The van der Waals surface area contributed by atoms with Crippen molar-refractivity contribution in [3.05, 3.63) is 58.3 Å². The number of pyridine rings is 1. The highest BCUT2D eigenvalue weighted by Crippen LogP contribution is 2.20. The highest BCUT2D eigenvalue weighted by molar-refractivity contribution is 9.10. The summed E-state index contributed by atoms with van der Waals surface area (Å²) in [6, 6.07) is 9.79. The normalized spacial score (nSPS) is 11.2. The van der Waals surface area contributed by atoms with Gasteiger partial charge in [0.05, 0.1) is 11.9 Å². The SMILES string of the molecule is Nc1cc(Cc2cnn(-c3ccc(Br)cc3)c2)c2n[nH]nc2n1. The molecule has 0 atom stereocenters. The van der Waals surface area contributed by atoms with Crippen LogP contribution in [0.1, 0.15) is 11.1 Å². The average molecular weight is 370 g/mol. The number of nitrogens with two attached hydrogens (primary N) is 1. The standard InChI is InChI=1S/C15H12BrN7/c16-11-1-3-12(4-2-11)23-8-9(7-18-23)5-10-6-13(17)19-15-14(10)20-22-21-15/h1-4,6-8H,5H2,(H3,17,19,20,21,22). The molecule has 0 spiro atoms. The van der Waals surface area contributed by atoms with Crippen molar-refractivity contribution < 1.29 is 0 Å². The Morgan fingerprint density at radius 1 is 1.17 bits per heavy atom. The van der Waals surface area contributed by atoms with Gasteiger partial charge in [-0.05, 0) is 41.5 Å². The Kier molecular flexibility index (Phi) is 3.30.